The Bertz CT molecular complexity index is 477. The van der Waals surface area contributed by atoms with Crippen molar-refractivity contribution in [2.75, 3.05) is 0 Å². The Kier molecular flexibility index (Phi) is 4.50. The number of hydrogen-bond donors (Lipinski definition) is 2. The zero-order chi connectivity index (χ0) is 12.8. The fraction of sp³-hybridized carbons (Fsp3) is 0.357. The van der Waals surface area contributed by atoms with Crippen LogP contribution >= 0.6 is 0 Å². The smallest absolute Gasteiger partial charge is 0.208 e. The Hall–Kier alpha value is -1.65. The maximum Gasteiger partial charge on any atom is 0.208 e. The molecule has 0 spiro atoms. The van der Waals surface area contributed by atoms with Crippen LogP contribution in [0.4, 0.5) is 0 Å². The number of aryl methyl sites for hydroxylation is 1. The molecule has 0 aliphatic heterocycles. The van der Waals surface area contributed by atoms with Crippen molar-refractivity contribution in [3.63, 3.8) is 0 Å². The quantitative estimate of drug-likeness (QED) is 0.818. The number of nitrogens with one attached hydrogen (secondary N) is 1. The molecule has 1 heterocycles. The molecule has 0 amide bonds. The maximum atomic E-state index is 8.94. The van der Waals surface area contributed by atoms with Crippen molar-refractivity contribution < 1.29 is 9.52 Å². The van der Waals surface area contributed by atoms with Gasteiger partial charge in [0.1, 0.15) is 5.76 Å². The highest BCUT2D eigenvalue weighted by atomic mass is 16.4. The van der Waals surface area contributed by atoms with Crippen LogP contribution in [-0.2, 0) is 26.1 Å². The molecule has 4 nitrogen and oxygen atoms in total. The van der Waals surface area contributed by atoms with Gasteiger partial charge in [-0.1, -0.05) is 31.2 Å². The Morgan fingerprint density at radius 2 is 1.89 bits per heavy atom. The third-order valence-electron chi connectivity index (χ3n) is 2.76. The topological polar surface area (TPSA) is 58.3 Å². The Balaban J connectivity index is 1.80. The van der Waals surface area contributed by atoms with E-state index in [9.17, 15) is 0 Å². The van der Waals surface area contributed by atoms with Crippen molar-refractivity contribution >= 4 is 0 Å². The van der Waals surface area contributed by atoms with E-state index < -0.39 is 0 Å². The van der Waals surface area contributed by atoms with E-state index in [0.717, 1.165) is 30.2 Å². The minimum absolute atomic E-state index is 0.0871. The zero-order valence-electron chi connectivity index (χ0n) is 10.5. The average Bonchev–Trinajstić information content (AvgIpc) is 2.87. The molecule has 2 N–H and O–H groups in total. The second-order valence-electron chi connectivity index (χ2n) is 4.15. The summed E-state index contributed by atoms with van der Waals surface area (Å²) in [6.45, 7) is 3.52. The molecule has 0 fully saturated rings. The SMILES string of the molecule is CCc1cnc(CNCc2ccc(CO)cc2)o1. The summed E-state index contributed by atoms with van der Waals surface area (Å²) in [5, 5.41) is 12.2. The van der Waals surface area contributed by atoms with E-state index in [4.69, 9.17) is 9.52 Å². The van der Waals surface area contributed by atoms with Gasteiger partial charge in [0.05, 0.1) is 19.3 Å². The molecule has 4 heteroatoms. The Morgan fingerprint density at radius 1 is 1.17 bits per heavy atom. The maximum absolute atomic E-state index is 8.94. The van der Waals surface area contributed by atoms with Crippen molar-refractivity contribution in [2.24, 2.45) is 0 Å². The van der Waals surface area contributed by atoms with Crippen LogP contribution in [0.2, 0.25) is 0 Å². The van der Waals surface area contributed by atoms with Crippen molar-refractivity contribution in [2.45, 2.75) is 33.0 Å². The fourth-order valence-electron chi connectivity index (χ4n) is 1.67. The number of oxazole rings is 1. The van der Waals surface area contributed by atoms with Crippen molar-refractivity contribution in [1.29, 1.82) is 0 Å². The lowest BCUT2D eigenvalue weighted by Crippen LogP contribution is -2.12. The van der Waals surface area contributed by atoms with Gasteiger partial charge >= 0.3 is 0 Å². The summed E-state index contributed by atoms with van der Waals surface area (Å²) >= 11 is 0. The van der Waals surface area contributed by atoms with Crippen LogP contribution in [0.25, 0.3) is 0 Å². The standard InChI is InChI=1S/C14H18N2O2/c1-2-13-8-16-14(18-13)9-15-7-11-3-5-12(10-17)6-4-11/h3-6,8,15,17H,2,7,9-10H2,1H3. The highest BCUT2D eigenvalue weighted by Crippen LogP contribution is 2.06. The molecule has 18 heavy (non-hydrogen) atoms. The van der Waals surface area contributed by atoms with E-state index in [1.54, 1.807) is 6.20 Å². The second-order valence-corrected chi connectivity index (χ2v) is 4.15. The Morgan fingerprint density at radius 3 is 2.50 bits per heavy atom. The van der Waals surface area contributed by atoms with Crippen LogP contribution in [0.5, 0.6) is 0 Å². The first kappa shape index (κ1) is 12.8. The summed E-state index contributed by atoms with van der Waals surface area (Å²) in [6.07, 6.45) is 2.64. The molecule has 0 saturated heterocycles. The summed E-state index contributed by atoms with van der Waals surface area (Å²) in [4.78, 5) is 4.18. The van der Waals surface area contributed by atoms with Gasteiger partial charge < -0.3 is 14.8 Å². The third kappa shape index (κ3) is 3.42. The predicted octanol–water partition coefficient (Wildman–Crippen LogP) is 2.02. The van der Waals surface area contributed by atoms with Gasteiger partial charge in [-0.05, 0) is 11.1 Å². The van der Waals surface area contributed by atoms with E-state index in [1.807, 2.05) is 31.2 Å². The highest BCUT2D eigenvalue weighted by Gasteiger charge is 2.01. The van der Waals surface area contributed by atoms with Crippen LogP contribution in [0.3, 0.4) is 0 Å². The Labute approximate surface area is 107 Å². The second kappa shape index (κ2) is 6.33. The minimum Gasteiger partial charge on any atom is -0.444 e. The van der Waals surface area contributed by atoms with Crippen LogP contribution in [-0.4, -0.2) is 10.1 Å². The van der Waals surface area contributed by atoms with Gasteiger partial charge in [0.2, 0.25) is 5.89 Å². The predicted molar refractivity (Wildman–Crippen MR) is 68.8 cm³/mol. The van der Waals surface area contributed by atoms with E-state index in [0.29, 0.717) is 6.54 Å². The van der Waals surface area contributed by atoms with Gasteiger partial charge in [0.25, 0.3) is 0 Å². The lowest BCUT2D eigenvalue weighted by Gasteiger charge is -2.03. The first-order valence-corrected chi connectivity index (χ1v) is 6.14. The van der Waals surface area contributed by atoms with Gasteiger partial charge in [-0.25, -0.2) is 4.98 Å². The van der Waals surface area contributed by atoms with Gasteiger partial charge in [0, 0.05) is 13.0 Å². The molecule has 1 aromatic carbocycles. The number of aromatic nitrogens is 1. The summed E-state index contributed by atoms with van der Waals surface area (Å²) < 4.78 is 5.50. The van der Waals surface area contributed by atoms with Crippen molar-refractivity contribution in [3.8, 4) is 0 Å². The molecule has 0 bridgehead atoms. The molecule has 0 unspecified atom stereocenters. The molecule has 2 rings (SSSR count). The molecular weight excluding hydrogens is 228 g/mol. The van der Waals surface area contributed by atoms with Crippen LogP contribution in [0.1, 0.15) is 29.7 Å². The molecule has 0 atom stereocenters. The molecule has 1 aromatic heterocycles. The van der Waals surface area contributed by atoms with E-state index in [2.05, 4.69) is 10.3 Å². The van der Waals surface area contributed by atoms with Crippen molar-refractivity contribution in [3.05, 3.63) is 53.2 Å². The molecule has 0 saturated carbocycles. The summed E-state index contributed by atoms with van der Waals surface area (Å²) in [7, 11) is 0. The van der Waals surface area contributed by atoms with Crippen LogP contribution in [0, 0.1) is 0 Å². The summed E-state index contributed by atoms with van der Waals surface area (Å²) in [5.74, 6) is 1.64. The lowest BCUT2D eigenvalue weighted by molar-refractivity contribution is 0.282. The third-order valence-corrected chi connectivity index (χ3v) is 2.76. The molecule has 96 valence electrons. The molecule has 2 aromatic rings. The summed E-state index contributed by atoms with van der Waals surface area (Å²) in [5.41, 5.74) is 2.11. The first-order chi connectivity index (χ1) is 8.81. The van der Waals surface area contributed by atoms with Crippen molar-refractivity contribution in [1.82, 2.24) is 10.3 Å². The number of nitrogens with zero attached hydrogens (tertiary/aromatic N) is 1. The molecule has 0 aliphatic carbocycles. The van der Waals surface area contributed by atoms with E-state index in [-0.39, 0.29) is 6.61 Å². The average molecular weight is 246 g/mol. The number of hydrogen-bond acceptors (Lipinski definition) is 4. The zero-order valence-corrected chi connectivity index (χ0v) is 10.5. The van der Waals surface area contributed by atoms with Crippen LogP contribution < -0.4 is 5.32 Å². The van der Waals surface area contributed by atoms with Gasteiger partial charge in [0.15, 0.2) is 0 Å². The minimum atomic E-state index is 0.0871. The van der Waals surface area contributed by atoms with Crippen LogP contribution in [0.15, 0.2) is 34.9 Å². The molecule has 0 aliphatic rings. The number of benzene rings is 1. The highest BCUT2D eigenvalue weighted by molar-refractivity contribution is 5.21. The lowest BCUT2D eigenvalue weighted by atomic mass is 10.1. The molecular formula is C14H18N2O2. The monoisotopic (exact) mass is 246 g/mol. The van der Waals surface area contributed by atoms with E-state index >= 15 is 0 Å². The molecule has 0 radical (unpaired) electrons. The number of aliphatic hydroxyl groups excluding tert-OH is 1. The fourth-order valence-corrected chi connectivity index (χ4v) is 1.67. The summed E-state index contributed by atoms with van der Waals surface area (Å²) in [6, 6.07) is 7.87. The normalized spacial score (nSPS) is 10.8. The van der Waals surface area contributed by atoms with Gasteiger partial charge in [-0.2, -0.15) is 0 Å². The van der Waals surface area contributed by atoms with Gasteiger partial charge in [-0.15, -0.1) is 0 Å². The largest absolute Gasteiger partial charge is 0.444 e. The number of aliphatic hydroxyl groups is 1. The van der Waals surface area contributed by atoms with Gasteiger partial charge in [-0.3, -0.25) is 0 Å². The first-order valence-electron chi connectivity index (χ1n) is 6.14. The van der Waals surface area contributed by atoms with E-state index in [1.165, 1.54) is 5.56 Å². The number of rotatable bonds is 6.